The second-order valence-electron chi connectivity index (χ2n) is 4.44. The number of amides is 1. The van der Waals surface area contributed by atoms with Crippen molar-refractivity contribution < 1.29 is 10.0 Å². The van der Waals surface area contributed by atoms with Crippen molar-refractivity contribution in [2.24, 2.45) is 17.9 Å². The normalized spacial score (nSPS) is 11.8. The first kappa shape index (κ1) is 13.9. The van der Waals surface area contributed by atoms with E-state index in [-0.39, 0.29) is 11.7 Å². The lowest BCUT2D eigenvalue weighted by molar-refractivity contribution is 0.0949. The van der Waals surface area contributed by atoms with Crippen LogP contribution in [0.25, 0.3) is 10.9 Å². The standard InChI is InChI=1S/C13H17N5O2/c1-18-10-6-3-2-5-9(10)12(16-18)13(19)15-8-4-7-11(14)17-20/h2-3,5-6,20H,4,7-8H2,1H3,(H2,14,17)(H,15,19). The van der Waals surface area contributed by atoms with Crippen LogP contribution in [0.4, 0.5) is 0 Å². The van der Waals surface area contributed by atoms with Gasteiger partial charge < -0.3 is 16.3 Å². The summed E-state index contributed by atoms with van der Waals surface area (Å²) in [4.78, 5) is 12.1. The zero-order valence-electron chi connectivity index (χ0n) is 11.2. The van der Waals surface area contributed by atoms with Gasteiger partial charge in [0, 0.05) is 25.4 Å². The number of rotatable bonds is 5. The van der Waals surface area contributed by atoms with Crippen molar-refractivity contribution >= 4 is 22.6 Å². The number of nitrogens with one attached hydrogen (secondary N) is 1. The maximum atomic E-state index is 12.1. The number of hydrogen-bond acceptors (Lipinski definition) is 4. The van der Waals surface area contributed by atoms with Crippen LogP contribution in [0.3, 0.4) is 0 Å². The number of nitrogens with zero attached hydrogens (tertiary/aromatic N) is 3. The lowest BCUT2D eigenvalue weighted by Gasteiger charge is -2.02. The third-order valence-corrected chi connectivity index (χ3v) is 3.00. The molecule has 2 aromatic rings. The van der Waals surface area contributed by atoms with Crippen LogP contribution in [0, 0.1) is 0 Å². The van der Waals surface area contributed by atoms with Crippen LogP contribution in [0.2, 0.25) is 0 Å². The molecule has 7 heteroatoms. The molecular weight excluding hydrogens is 258 g/mol. The fourth-order valence-electron chi connectivity index (χ4n) is 1.99. The van der Waals surface area contributed by atoms with Gasteiger partial charge in [-0.25, -0.2) is 0 Å². The Morgan fingerprint density at radius 3 is 3.00 bits per heavy atom. The first-order valence-electron chi connectivity index (χ1n) is 6.30. The number of para-hydroxylation sites is 1. The topological polar surface area (TPSA) is 106 Å². The summed E-state index contributed by atoms with van der Waals surface area (Å²) in [5.74, 6) is -0.0659. The van der Waals surface area contributed by atoms with E-state index in [2.05, 4.69) is 15.6 Å². The average molecular weight is 275 g/mol. The first-order valence-corrected chi connectivity index (χ1v) is 6.30. The number of oxime groups is 1. The summed E-state index contributed by atoms with van der Waals surface area (Å²) >= 11 is 0. The zero-order chi connectivity index (χ0) is 14.5. The predicted octanol–water partition coefficient (Wildman–Crippen LogP) is 0.830. The van der Waals surface area contributed by atoms with Crippen molar-refractivity contribution in [3.05, 3.63) is 30.0 Å². The van der Waals surface area contributed by atoms with Crippen LogP contribution in [0.15, 0.2) is 29.4 Å². The molecule has 0 aliphatic carbocycles. The molecular formula is C13H17N5O2. The highest BCUT2D eigenvalue weighted by molar-refractivity contribution is 6.04. The summed E-state index contributed by atoms with van der Waals surface area (Å²) in [5, 5.41) is 19.1. The molecule has 0 aliphatic rings. The van der Waals surface area contributed by atoms with Gasteiger partial charge in [0.15, 0.2) is 5.69 Å². The zero-order valence-corrected chi connectivity index (χ0v) is 11.2. The number of hydrogen-bond donors (Lipinski definition) is 3. The smallest absolute Gasteiger partial charge is 0.272 e. The van der Waals surface area contributed by atoms with E-state index in [9.17, 15) is 4.79 Å². The van der Waals surface area contributed by atoms with E-state index in [0.717, 1.165) is 10.9 Å². The number of carbonyl (C=O) groups excluding carboxylic acids is 1. The number of amidine groups is 1. The monoisotopic (exact) mass is 275 g/mol. The van der Waals surface area contributed by atoms with Crippen LogP contribution in [0.5, 0.6) is 0 Å². The minimum absolute atomic E-state index is 0.155. The summed E-state index contributed by atoms with van der Waals surface area (Å²) in [6.45, 7) is 0.444. The largest absolute Gasteiger partial charge is 0.409 e. The van der Waals surface area contributed by atoms with E-state index in [1.807, 2.05) is 24.3 Å². The maximum Gasteiger partial charge on any atom is 0.272 e. The van der Waals surface area contributed by atoms with Crippen molar-refractivity contribution in [3.63, 3.8) is 0 Å². The first-order chi connectivity index (χ1) is 9.63. The van der Waals surface area contributed by atoms with Crippen molar-refractivity contribution in [2.75, 3.05) is 6.54 Å². The van der Waals surface area contributed by atoms with Crippen LogP contribution in [-0.4, -0.2) is 33.3 Å². The van der Waals surface area contributed by atoms with E-state index >= 15 is 0 Å². The van der Waals surface area contributed by atoms with Gasteiger partial charge in [-0.2, -0.15) is 5.10 Å². The van der Waals surface area contributed by atoms with Gasteiger partial charge in [-0.3, -0.25) is 9.48 Å². The number of aromatic nitrogens is 2. The molecule has 0 saturated heterocycles. The molecule has 1 aromatic carbocycles. The van der Waals surface area contributed by atoms with Gasteiger partial charge in [0.2, 0.25) is 0 Å². The Kier molecular flexibility index (Phi) is 4.19. The summed E-state index contributed by atoms with van der Waals surface area (Å²) in [5.41, 5.74) is 6.67. The van der Waals surface area contributed by atoms with Crippen molar-refractivity contribution in [1.82, 2.24) is 15.1 Å². The van der Waals surface area contributed by atoms with Gasteiger partial charge in [-0.1, -0.05) is 23.4 Å². The Balaban J connectivity index is 2.01. The Labute approximate surface area is 116 Å². The van der Waals surface area contributed by atoms with Gasteiger partial charge >= 0.3 is 0 Å². The van der Waals surface area contributed by atoms with Crippen LogP contribution in [-0.2, 0) is 7.05 Å². The van der Waals surface area contributed by atoms with Crippen molar-refractivity contribution in [1.29, 1.82) is 0 Å². The third-order valence-electron chi connectivity index (χ3n) is 3.00. The number of nitrogens with two attached hydrogens (primary N) is 1. The number of carbonyl (C=O) groups is 1. The molecule has 0 spiro atoms. The average Bonchev–Trinajstić information content (AvgIpc) is 2.81. The van der Waals surface area contributed by atoms with E-state index < -0.39 is 0 Å². The Bertz CT molecular complexity index is 647. The highest BCUT2D eigenvalue weighted by Gasteiger charge is 2.14. The Morgan fingerprint density at radius 1 is 1.50 bits per heavy atom. The fraction of sp³-hybridized carbons (Fsp3) is 0.308. The van der Waals surface area contributed by atoms with Gasteiger partial charge in [0.25, 0.3) is 5.91 Å². The van der Waals surface area contributed by atoms with Crippen LogP contribution < -0.4 is 11.1 Å². The molecule has 1 amide bonds. The molecule has 1 aromatic heterocycles. The molecule has 4 N–H and O–H groups in total. The molecule has 0 radical (unpaired) electrons. The van der Waals surface area contributed by atoms with E-state index in [1.54, 1.807) is 11.7 Å². The van der Waals surface area contributed by atoms with Crippen LogP contribution in [0.1, 0.15) is 23.3 Å². The summed E-state index contributed by atoms with van der Waals surface area (Å²) < 4.78 is 1.68. The minimum Gasteiger partial charge on any atom is -0.409 e. The van der Waals surface area contributed by atoms with Crippen molar-refractivity contribution in [2.45, 2.75) is 12.8 Å². The van der Waals surface area contributed by atoms with Gasteiger partial charge in [-0.15, -0.1) is 0 Å². The highest BCUT2D eigenvalue weighted by atomic mass is 16.4. The summed E-state index contributed by atoms with van der Waals surface area (Å²) in [7, 11) is 1.80. The molecule has 106 valence electrons. The molecule has 0 saturated carbocycles. The minimum atomic E-state index is -0.221. The van der Waals surface area contributed by atoms with Crippen molar-refractivity contribution in [3.8, 4) is 0 Å². The molecule has 20 heavy (non-hydrogen) atoms. The molecule has 0 bridgehead atoms. The highest BCUT2D eigenvalue weighted by Crippen LogP contribution is 2.17. The van der Waals surface area contributed by atoms with Gasteiger partial charge in [0.05, 0.1) is 5.52 Å². The van der Waals surface area contributed by atoms with E-state index in [0.29, 0.717) is 25.1 Å². The SMILES string of the molecule is Cn1nc(C(=O)NCCC/C(N)=N/O)c2ccccc21. The van der Waals surface area contributed by atoms with Gasteiger partial charge in [0.1, 0.15) is 5.84 Å². The maximum absolute atomic E-state index is 12.1. The molecule has 7 nitrogen and oxygen atoms in total. The third kappa shape index (κ3) is 2.87. The summed E-state index contributed by atoms with van der Waals surface area (Å²) in [6.07, 6.45) is 1.03. The van der Waals surface area contributed by atoms with E-state index in [1.165, 1.54) is 0 Å². The number of fused-ring (bicyclic) bond motifs is 1. The summed E-state index contributed by atoms with van der Waals surface area (Å²) in [6, 6.07) is 7.56. The van der Waals surface area contributed by atoms with Gasteiger partial charge in [-0.05, 0) is 12.5 Å². The number of aryl methyl sites for hydroxylation is 1. The Morgan fingerprint density at radius 2 is 2.25 bits per heavy atom. The molecule has 0 atom stereocenters. The molecule has 2 rings (SSSR count). The second kappa shape index (κ2) is 6.05. The molecule has 0 unspecified atom stereocenters. The second-order valence-corrected chi connectivity index (χ2v) is 4.44. The quantitative estimate of drug-likeness (QED) is 0.247. The molecule has 1 heterocycles. The predicted molar refractivity (Wildman–Crippen MR) is 75.7 cm³/mol. The molecule has 0 aliphatic heterocycles. The molecule has 0 fully saturated rings. The Hall–Kier alpha value is -2.57. The fourth-order valence-corrected chi connectivity index (χ4v) is 1.99. The van der Waals surface area contributed by atoms with Crippen LogP contribution >= 0.6 is 0 Å². The van der Waals surface area contributed by atoms with E-state index in [4.69, 9.17) is 10.9 Å². The number of benzene rings is 1. The lowest BCUT2D eigenvalue weighted by Crippen LogP contribution is -2.26. The lowest BCUT2D eigenvalue weighted by atomic mass is 10.2.